The Morgan fingerprint density at radius 2 is 1.94 bits per heavy atom. The van der Waals surface area contributed by atoms with Crippen LogP contribution in [0.25, 0.3) is 10.8 Å². The van der Waals surface area contributed by atoms with Gasteiger partial charge in [0.1, 0.15) is 0 Å². The van der Waals surface area contributed by atoms with Crippen molar-refractivity contribution in [2.75, 3.05) is 0 Å². The lowest BCUT2D eigenvalue weighted by atomic mass is 9.86. The molecule has 1 aliphatic rings. The zero-order chi connectivity index (χ0) is 12.7. The Labute approximate surface area is 108 Å². The fraction of sp³-hybridized carbons (Fsp3) is 0.353. The first-order valence-corrected chi connectivity index (χ1v) is 6.75. The Morgan fingerprint density at radius 3 is 2.72 bits per heavy atom. The van der Waals surface area contributed by atoms with Crippen molar-refractivity contribution in [3.05, 3.63) is 47.0 Å². The number of rotatable bonds is 1. The van der Waals surface area contributed by atoms with E-state index in [4.69, 9.17) is 0 Å². The predicted molar refractivity (Wildman–Crippen MR) is 75.3 cm³/mol. The second-order valence-electron chi connectivity index (χ2n) is 5.51. The average molecular weight is 238 g/mol. The van der Waals surface area contributed by atoms with Crippen molar-refractivity contribution in [2.24, 2.45) is 0 Å². The number of carbonyl (C=O) groups is 1. The summed E-state index contributed by atoms with van der Waals surface area (Å²) in [5, 5.41) is 2.52. The van der Waals surface area contributed by atoms with Gasteiger partial charge in [-0.15, -0.1) is 0 Å². The van der Waals surface area contributed by atoms with Gasteiger partial charge in [0.2, 0.25) is 0 Å². The van der Waals surface area contributed by atoms with E-state index in [2.05, 4.69) is 44.2 Å². The zero-order valence-corrected chi connectivity index (χ0v) is 11.0. The van der Waals surface area contributed by atoms with Crippen LogP contribution in [0.5, 0.6) is 0 Å². The third-order valence-electron chi connectivity index (χ3n) is 3.91. The van der Waals surface area contributed by atoms with Crippen LogP contribution in [0.3, 0.4) is 0 Å². The molecule has 0 fully saturated rings. The van der Waals surface area contributed by atoms with Crippen molar-refractivity contribution >= 4 is 16.6 Å². The molecule has 0 aromatic heterocycles. The van der Waals surface area contributed by atoms with Gasteiger partial charge in [-0.25, -0.2) is 0 Å². The molecular formula is C17H18O. The summed E-state index contributed by atoms with van der Waals surface area (Å²) in [5.41, 5.74) is 3.58. The highest BCUT2D eigenvalue weighted by Crippen LogP contribution is 2.31. The second-order valence-corrected chi connectivity index (χ2v) is 5.51. The van der Waals surface area contributed by atoms with Crippen LogP contribution < -0.4 is 0 Å². The number of fused-ring (bicyclic) bond motifs is 2. The van der Waals surface area contributed by atoms with Gasteiger partial charge in [0.05, 0.1) is 0 Å². The molecule has 1 nitrogen and oxygen atoms in total. The molecule has 0 radical (unpaired) electrons. The first-order valence-electron chi connectivity index (χ1n) is 6.75. The lowest BCUT2D eigenvalue weighted by Crippen LogP contribution is -2.10. The lowest BCUT2D eigenvalue weighted by Gasteiger charge is -2.18. The molecule has 0 saturated heterocycles. The van der Waals surface area contributed by atoms with Crippen molar-refractivity contribution in [3.8, 4) is 0 Å². The van der Waals surface area contributed by atoms with E-state index in [-0.39, 0.29) is 0 Å². The minimum atomic E-state index is 0.313. The summed E-state index contributed by atoms with van der Waals surface area (Å²) in [6, 6.07) is 10.7. The van der Waals surface area contributed by atoms with E-state index in [0.717, 1.165) is 18.4 Å². The Kier molecular flexibility index (Phi) is 2.70. The maximum Gasteiger partial charge on any atom is 0.163 e. The van der Waals surface area contributed by atoms with Crippen LogP contribution in [0.15, 0.2) is 30.3 Å². The fourth-order valence-corrected chi connectivity index (χ4v) is 2.94. The number of hydrogen-bond acceptors (Lipinski definition) is 1. The van der Waals surface area contributed by atoms with Crippen LogP contribution in [0.4, 0.5) is 0 Å². The van der Waals surface area contributed by atoms with E-state index >= 15 is 0 Å². The first-order chi connectivity index (χ1) is 8.66. The summed E-state index contributed by atoms with van der Waals surface area (Å²) in [5.74, 6) is 0.833. The van der Waals surface area contributed by atoms with Gasteiger partial charge in [0.25, 0.3) is 0 Å². The fourth-order valence-electron chi connectivity index (χ4n) is 2.94. The Bertz CT molecular complexity index is 623. The van der Waals surface area contributed by atoms with E-state index < -0.39 is 0 Å². The molecule has 0 aliphatic heterocycles. The van der Waals surface area contributed by atoms with E-state index in [0.29, 0.717) is 18.1 Å². The van der Waals surface area contributed by atoms with Crippen molar-refractivity contribution in [1.29, 1.82) is 0 Å². The van der Waals surface area contributed by atoms with Crippen LogP contribution in [0.1, 0.15) is 54.1 Å². The van der Waals surface area contributed by atoms with Gasteiger partial charge in [0.15, 0.2) is 5.78 Å². The molecule has 2 aromatic rings. The highest BCUT2D eigenvalue weighted by molar-refractivity contribution is 6.03. The zero-order valence-electron chi connectivity index (χ0n) is 11.0. The van der Waals surface area contributed by atoms with Crippen molar-refractivity contribution in [3.63, 3.8) is 0 Å². The molecule has 1 heteroatoms. The highest BCUT2D eigenvalue weighted by atomic mass is 16.1. The summed E-state index contributed by atoms with van der Waals surface area (Å²) in [6.45, 7) is 4.44. The number of carbonyl (C=O) groups excluding carboxylic acids is 1. The standard InChI is InChI=1S/C17H18O/c1-11(2)14-7-3-5-12-10-16-13(9-15(12)14)6-4-8-17(16)18/h3,5,7,9-11H,4,6,8H2,1-2H3. The first kappa shape index (κ1) is 11.5. The van der Waals surface area contributed by atoms with Crippen LogP contribution in [-0.4, -0.2) is 5.78 Å². The van der Waals surface area contributed by atoms with E-state index in [1.165, 1.54) is 21.9 Å². The molecule has 0 heterocycles. The van der Waals surface area contributed by atoms with Crippen LogP contribution in [0.2, 0.25) is 0 Å². The summed E-state index contributed by atoms with van der Waals surface area (Å²) in [7, 11) is 0. The average Bonchev–Trinajstić information content (AvgIpc) is 2.36. The third-order valence-corrected chi connectivity index (χ3v) is 3.91. The largest absolute Gasteiger partial charge is 0.294 e. The van der Waals surface area contributed by atoms with Crippen LogP contribution in [-0.2, 0) is 6.42 Å². The molecule has 0 unspecified atom stereocenters. The van der Waals surface area contributed by atoms with E-state index in [1.54, 1.807) is 0 Å². The summed E-state index contributed by atoms with van der Waals surface area (Å²) >= 11 is 0. The van der Waals surface area contributed by atoms with Gasteiger partial charge in [-0.05, 0) is 46.7 Å². The number of Topliss-reactive ketones (excluding diaryl/α,β-unsaturated/α-hetero) is 1. The summed E-state index contributed by atoms with van der Waals surface area (Å²) in [4.78, 5) is 11.9. The van der Waals surface area contributed by atoms with Gasteiger partial charge >= 0.3 is 0 Å². The van der Waals surface area contributed by atoms with E-state index in [9.17, 15) is 4.79 Å². The normalized spacial score (nSPS) is 15.2. The Balaban J connectivity index is 2.30. The van der Waals surface area contributed by atoms with E-state index in [1.807, 2.05) is 0 Å². The van der Waals surface area contributed by atoms with Crippen molar-refractivity contribution in [1.82, 2.24) is 0 Å². The smallest absolute Gasteiger partial charge is 0.163 e. The molecule has 1 aliphatic carbocycles. The topological polar surface area (TPSA) is 17.1 Å². The minimum Gasteiger partial charge on any atom is -0.294 e. The quantitative estimate of drug-likeness (QED) is 0.715. The van der Waals surface area contributed by atoms with Crippen molar-refractivity contribution in [2.45, 2.75) is 39.0 Å². The summed E-state index contributed by atoms with van der Waals surface area (Å²) in [6.07, 6.45) is 2.76. The Hall–Kier alpha value is -1.63. The summed E-state index contributed by atoms with van der Waals surface area (Å²) < 4.78 is 0. The third kappa shape index (κ3) is 1.74. The van der Waals surface area contributed by atoms with Gasteiger partial charge in [-0.1, -0.05) is 38.1 Å². The molecular weight excluding hydrogens is 220 g/mol. The second kappa shape index (κ2) is 4.24. The minimum absolute atomic E-state index is 0.313. The van der Waals surface area contributed by atoms with Crippen molar-refractivity contribution < 1.29 is 4.79 Å². The maximum absolute atomic E-state index is 11.9. The molecule has 0 amide bonds. The molecule has 18 heavy (non-hydrogen) atoms. The predicted octanol–water partition coefficient (Wildman–Crippen LogP) is 4.48. The molecule has 3 rings (SSSR count). The molecule has 0 spiro atoms. The molecule has 2 aromatic carbocycles. The molecule has 0 N–H and O–H groups in total. The molecule has 0 atom stereocenters. The van der Waals surface area contributed by atoms with Gasteiger partial charge in [-0.2, -0.15) is 0 Å². The van der Waals surface area contributed by atoms with Crippen LogP contribution in [0, 0.1) is 0 Å². The number of aryl methyl sites for hydroxylation is 1. The maximum atomic E-state index is 11.9. The Morgan fingerprint density at radius 1 is 1.11 bits per heavy atom. The number of ketones is 1. The monoisotopic (exact) mass is 238 g/mol. The number of hydrogen-bond donors (Lipinski definition) is 0. The SMILES string of the molecule is CC(C)c1cccc2cc3c(cc12)CCCC3=O. The number of benzene rings is 2. The molecule has 0 saturated carbocycles. The van der Waals surface area contributed by atoms with Gasteiger partial charge < -0.3 is 0 Å². The molecule has 0 bridgehead atoms. The molecule has 92 valence electrons. The lowest BCUT2D eigenvalue weighted by molar-refractivity contribution is 0.0972. The van der Waals surface area contributed by atoms with Crippen LogP contribution >= 0.6 is 0 Å². The highest BCUT2D eigenvalue weighted by Gasteiger charge is 2.18. The van der Waals surface area contributed by atoms with Gasteiger partial charge in [-0.3, -0.25) is 4.79 Å². The van der Waals surface area contributed by atoms with Gasteiger partial charge in [0, 0.05) is 12.0 Å².